The minimum absolute atomic E-state index is 0.118. The third-order valence-electron chi connectivity index (χ3n) is 4.26. The Morgan fingerprint density at radius 3 is 2.81 bits per heavy atom. The molecule has 5 nitrogen and oxygen atoms in total. The van der Waals surface area contributed by atoms with Crippen molar-refractivity contribution in [2.45, 2.75) is 30.6 Å². The highest BCUT2D eigenvalue weighted by atomic mass is 32.2. The molecular formula is C18H18N2O3S3. The molecule has 0 aliphatic carbocycles. The molecule has 8 heteroatoms. The zero-order valence-corrected chi connectivity index (χ0v) is 16.7. The van der Waals surface area contributed by atoms with Gasteiger partial charge in [-0.25, -0.2) is 8.42 Å². The first-order chi connectivity index (χ1) is 12.3. The molecule has 136 valence electrons. The molecule has 0 fully saturated rings. The molecule has 1 aliphatic heterocycles. The summed E-state index contributed by atoms with van der Waals surface area (Å²) >= 11 is 6.52. The van der Waals surface area contributed by atoms with Crippen molar-refractivity contribution in [1.82, 2.24) is 0 Å². The standard InChI is InChI=1S/C18H18N2O3S3/c1-11-8-13-9-12(5-6-15(13)20-18(24)23-11)17(26(2,21)22)14(10-19)16-4-3-7-25-16/h3-7,9,11,14,17H,8H2,1-2H3,(H,20,24). The van der Waals surface area contributed by atoms with Crippen molar-refractivity contribution in [3.05, 3.63) is 51.7 Å². The van der Waals surface area contributed by atoms with Crippen molar-refractivity contribution in [2.24, 2.45) is 0 Å². The summed E-state index contributed by atoms with van der Waals surface area (Å²) in [7, 11) is -3.51. The zero-order valence-electron chi connectivity index (χ0n) is 14.3. The molecule has 0 spiro atoms. The number of nitrogens with one attached hydrogen (secondary N) is 1. The van der Waals surface area contributed by atoms with E-state index in [1.54, 1.807) is 18.2 Å². The molecule has 3 rings (SSSR count). The lowest BCUT2D eigenvalue weighted by atomic mass is 9.95. The molecule has 0 bridgehead atoms. The molecule has 3 atom stereocenters. The van der Waals surface area contributed by atoms with Crippen LogP contribution < -0.4 is 5.32 Å². The van der Waals surface area contributed by atoms with Crippen LogP contribution in [0.5, 0.6) is 0 Å². The third-order valence-corrected chi connectivity index (χ3v) is 6.88. The first kappa shape index (κ1) is 18.8. The minimum Gasteiger partial charge on any atom is -0.467 e. The average molecular weight is 407 g/mol. The van der Waals surface area contributed by atoms with Gasteiger partial charge in [-0.3, -0.25) is 0 Å². The first-order valence-corrected chi connectivity index (χ1v) is 11.3. The molecule has 0 saturated carbocycles. The molecule has 1 N–H and O–H groups in total. The summed E-state index contributed by atoms with van der Waals surface area (Å²) in [6.45, 7) is 1.91. The van der Waals surface area contributed by atoms with E-state index < -0.39 is 21.0 Å². The van der Waals surface area contributed by atoms with E-state index in [0.29, 0.717) is 17.2 Å². The van der Waals surface area contributed by atoms with Crippen LogP contribution in [-0.2, 0) is 21.0 Å². The van der Waals surface area contributed by atoms with Gasteiger partial charge >= 0.3 is 0 Å². The van der Waals surface area contributed by atoms with Crippen LogP contribution >= 0.6 is 23.6 Å². The summed E-state index contributed by atoms with van der Waals surface area (Å²) in [6, 6.07) is 11.2. The fourth-order valence-corrected chi connectivity index (χ4v) is 5.70. The Bertz CT molecular complexity index is 962. The molecule has 0 amide bonds. The lowest BCUT2D eigenvalue weighted by Crippen LogP contribution is -2.19. The fourth-order valence-electron chi connectivity index (χ4n) is 3.19. The molecule has 1 aromatic heterocycles. The van der Waals surface area contributed by atoms with Gasteiger partial charge in [0.05, 0.1) is 6.07 Å². The summed E-state index contributed by atoms with van der Waals surface area (Å²) < 4.78 is 30.7. The van der Waals surface area contributed by atoms with Crippen molar-refractivity contribution < 1.29 is 13.2 Å². The maximum absolute atomic E-state index is 12.6. The third kappa shape index (κ3) is 3.90. The van der Waals surface area contributed by atoms with Crippen molar-refractivity contribution >= 4 is 44.3 Å². The fraction of sp³-hybridized carbons (Fsp3) is 0.333. The lowest BCUT2D eigenvalue weighted by Gasteiger charge is -2.21. The van der Waals surface area contributed by atoms with Crippen molar-refractivity contribution in [2.75, 3.05) is 11.6 Å². The summed E-state index contributed by atoms with van der Waals surface area (Å²) in [5, 5.41) is 13.9. The number of hydrogen-bond acceptors (Lipinski definition) is 6. The van der Waals surface area contributed by atoms with Crippen LogP contribution in [0.3, 0.4) is 0 Å². The number of nitrogens with zero attached hydrogens (tertiary/aromatic N) is 1. The maximum Gasteiger partial charge on any atom is 0.261 e. The Morgan fingerprint density at radius 1 is 1.42 bits per heavy atom. The van der Waals surface area contributed by atoms with Gasteiger partial charge in [0.2, 0.25) is 0 Å². The smallest absolute Gasteiger partial charge is 0.261 e. The largest absolute Gasteiger partial charge is 0.467 e. The second-order valence-electron chi connectivity index (χ2n) is 6.33. The number of fused-ring (bicyclic) bond motifs is 1. The summed E-state index contributed by atoms with van der Waals surface area (Å²) in [5.74, 6) is -0.753. The number of hydrogen-bond donors (Lipinski definition) is 1. The highest BCUT2D eigenvalue weighted by molar-refractivity contribution is 7.91. The molecule has 0 radical (unpaired) electrons. The number of nitriles is 1. The van der Waals surface area contributed by atoms with Gasteiger partial charge < -0.3 is 10.1 Å². The Hall–Kier alpha value is -1.95. The predicted octanol–water partition coefficient (Wildman–Crippen LogP) is 3.80. The average Bonchev–Trinajstić information content (AvgIpc) is 3.02. The van der Waals surface area contributed by atoms with E-state index in [2.05, 4.69) is 11.4 Å². The molecule has 1 aromatic carbocycles. The van der Waals surface area contributed by atoms with Gasteiger partial charge in [-0.1, -0.05) is 18.2 Å². The van der Waals surface area contributed by atoms with E-state index in [-0.39, 0.29) is 6.10 Å². The first-order valence-electron chi connectivity index (χ1n) is 8.02. The van der Waals surface area contributed by atoms with Gasteiger partial charge in [0.15, 0.2) is 9.84 Å². The number of benzene rings is 1. The van der Waals surface area contributed by atoms with E-state index in [1.807, 2.05) is 24.4 Å². The SMILES string of the molecule is CC1Cc2cc(C(C(C#N)c3cccs3)S(C)(=O)=O)ccc2NC(=S)O1. The molecule has 2 heterocycles. The van der Waals surface area contributed by atoms with Crippen LogP contribution in [0.4, 0.5) is 5.69 Å². The van der Waals surface area contributed by atoms with Gasteiger partial charge in [0.1, 0.15) is 17.3 Å². The number of ether oxygens (including phenoxy) is 1. The van der Waals surface area contributed by atoms with Crippen molar-refractivity contribution in [3.8, 4) is 6.07 Å². The lowest BCUT2D eigenvalue weighted by molar-refractivity contribution is 0.217. The summed E-state index contributed by atoms with van der Waals surface area (Å²) in [4.78, 5) is 0.744. The van der Waals surface area contributed by atoms with Gasteiger partial charge in [-0.2, -0.15) is 5.26 Å². The Labute approximate surface area is 162 Å². The minimum atomic E-state index is -3.51. The number of thiophene rings is 1. The van der Waals surface area contributed by atoms with E-state index in [1.165, 1.54) is 17.6 Å². The molecule has 0 saturated heterocycles. The normalized spacial score (nSPS) is 19.3. The van der Waals surface area contributed by atoms with Gasteiger partial charge in [0.25, 0.3) is 5.17 Å². The second kappa shape index (κ2) is 7.35. The van der Waals surface area contributed by atoms with Crippen LogP contribution in [0.15, 0.2) is 35.7 Å². The Morgan fingerprint density at radius 2 is 2.19 bits per heavy atom. The van der Waals surface area contributed by atoms with Crippen LogP contribution in [0.2, 0.25) is 0 Å². The highest BCUT2D eigenvalue weighted by Gasteiger charge is 2.34. The zero-order chi connectivity index (χ0) is 18.9. The van der Waals surface area contributed by atoms with Crippen molar-refractivity contribution in [1.29, 1.82) is 5.26 Å². The molecular weight excluding hydrogens is 388 g/mol. The van der Waals surface area contributed by atoms with Gasteiger partial charge in [-0.15, -0.1) is 11.3 Å². The van der Waals surface area contributed by atoms with Crippen molar-refractivity contribution in [3.63, 3.8) is 0 Å². The number of anilines is 1. The highest BCUT2D eigenvalue weighted by Crippen LogP contribution is 2.40. The number of sulfone groups is 1. The number of thiocarbonyl (C=S) groups is 1. The Balaban J connectivity index is 2.09. The second-order valence-corrected chi connectivity index (χ2v) is 9.85. The summed E-state index contributed by atoms with van der Waals surface area (Å²) in [5.41, 5.74) is 2.33. The van der Waals surface area contributed by atoms with E-state index >= 15 is 0 Å². The monoisotopic (exact) mass is 406 g/mol. The van der Waals surface area contributed by atoms with E-state index in [0.717, 1.165) is 16.1 Å². The Kier molecular flexibility index (Phi) is 5.32. The van der Waals surface area contributed by atoms with Crippen LogP contribution in [-0.4, -0.2) is 26.0 Å². The van der Waals surface area contributed by atoms with Gasteiger partial charge in [0, 0.05) is 23.2 Å². The van der Waals surface area contributed by atoms with Crippen LogP contribution in [0.1, 0.15) is 34.1 Å². The molecule has 2 aromatic rings. The van der Waals surface area contributed by atoms with Crippen LogP contribution in [0, 0.1) is 11.3 Å². The predicted molar refractivity (Wildman–Crippen MR) is 107 cm³/mol. The molecule has 26 heavy (non-hydrogen) atoms. The van der Waals surface area contributed by atoms with E-state index in [9.17, 15) is 13.7 Å². The summed E-state index contributed by atoms with van der Waals surface area (Å²) in [6.07, 6.45) is 1.66. The molecule has 3 unspecified atom stereocenters. The topological polar surface area (TPSA) is 79.2 Å². The number of rotatable bonds is 4. The van der Waals surface area contributed by atoms with Crippen LogP contribution in [0.25, 0.3) is 0 Å². The molecule has 1 aliphatic rings. The maximum atomic E-state index is 12.6. The van der Waals surface area contributed by atoms with E-state index in [4.69, 9.17) is 17.0 Å². The van der Waals surface area contributed by atoms with Gasteiger partial charge in [-0.05, 0) is 47.8 Å². The quantitative estimate of drug-likeness (QED) is 0.778.